The molecule has 0 radical (unpaired) electrons. The van der Waals surface area contributed by atoms with Crippen LogP contribution in [0.15, 0.2) is 65.5 Å². The van der Waals surface area contributed by atoms with Crippen LogP contribution >= 0.6 is 0 Å². The van der Waals surface area contributed by atoms with Crippen LogP contribution in [0.1, 0.15) is 22.9 Å². The zero-order valence-electron chi connectivity index (χ0n) is 13.3. The summed E-state index contributed by atoms with van der Waals surface area (Å²) in [5, 5.41) is 4.19. The van der Waals surface area contributed by atoms with Gasteiger partial charge in [0.1, 0.15) is 11.8 Å². The van der Waals surface area contributed by atoms with Crippen LogP contribution in [0.3, 0.4) is 0 Å². The predicted molar refractivity (Wildman–Crippen MR) is 90.9 cm³/mol. The van der Waals surface area contributed by atoms with E-state index in [1.54, 1.807) is 41.5 Å². The van der Waals surface area contributed by atoms with Crippen molar-refractivity contribution < 1.29 is 12.8 Å². The molecule has 0 amide bonds. The summed E-state index contributed by atoms with van der Waals surface area (Å²) in [5.41, 5.74) is 1.85. The van der Waals surface area contributed by atoms with E-state index in [9.17, 15) is 8.42 Å². The van der Waals surface area contributed by atoms with E-state index >= 15 is 0 Å². The summed E-state index contributed by atoms with van der Waals surface area (Å²) in [5.74, 6) is 0.591. The van der Waals surface area contributed by atoms with Gasteiger partial charge in [0.05, 0.1) is 12.0 Å². The van der Waals surface area contributed by atoms with E-state index in [2.05, 4.69) is 9.82 Å². The van der Waals surface area contributed by atoms with Gasteiger partial charge < -0.3 is 4.42 Å². The van der Waals surface area contributed by atoms with Crippen LogP contribution in [0, 0.1) is 6.92 Å². The smallest absolute Gasteiger partial charge is 0.215 e. The zero-order valence-corrected chi connectivity index (χ0v) is 14.1. The molecule has 0 aliphatic heterocycles. The highest BCUT2D eigenvalue weighted by atomic mass is 32.2. The van der Waals surface area contributed by atoms with E-state index in [0.717, 1.165) is 11.1 Å². The minimum Gasteiger partial charge on any atom is -0.467 e. The summed E-state index contributed by atoms with van der Waals surface area (Å²) in [6.45, 7) is 2.14. The number of hydrogen-bond donors (Lipinski definition) is 1. The van der Waals surface area contributed by atoms with Gasteiger partial charge in [-0.15, -0.1) is 0 Å². The van der Waals surface area contributed by atoms with Crippen LogP contribution in [0.4, 0.5) is 0 Å². The van der Waals surface area contributed by atoms with Crippen LogP contribution in [-0.4, -0.2) is 24.7 Å². The Kier molecular flexibility index (Phi) is 4.82. The highest BCUT2D eigenvalue weighted by Crippen LogP contribution is 2.18. The van der Waals surface area contributed by atoms with Gasteiger partial charge >= 0.3 is 0 Å². The number of aryl methyl sites for hydroxylation is 1. The molecule has 2 aromatic heterocycles. The highest BCUT2D eigenvalue weighted by Gasteiger charge is 2.20. The average Bonchev–Trinajstić information content (AvgIpc) is 3.23. The Labute approximate surface area is 141 Å². The molecule has 7 heteroatoms. The van der Waals surface area contributed by atoms with Crippen molar-refractivity contribution in [1.29, 1.82) is 0 Å². The van der Waals surface area contributed by atoms with Gasteiger partial charge in [-0.1, -0.05) is 29.8 Å². The lowest BCUT2D eigenvalue weighted by molar-refractivity contribution is 0.402. The molecule has 1 aromatic carbocycles. The summed E-state index contributed by atoms with van der Waals surface area (Å²) in [6, 6.07) is 12.5. The molecular formula is C17H19N3O3S. The van der Waals surface area contributed by atoms with Crippen molar-refractivity contribution in [2.45, 2.75) is 18.7 Å². The van der Waals surface area contributed by atoms with Gasteiger partial charge in [-0.25, -0.2) is 13.1 Å². The lowest BCUT2D eigenvalue weighted by Gasteiger charge is -2.16. The highest BCUT2D eigenvalue weighted by molar-refractivity contribution is 7.88. The molecule has 3 rings (SSSR count). The van der Waals surface area contributed by atoms with Gasteiger partial charge in [0, 0.05) is 18.9 Å². The lowest BCUT2D eigenvalue weighted by atomic mass is 10.2. The van der Waals surface area contributed by atoms with Crippen LogP contribution in [0.5, 0.6) is 0 Å². The van der Waals surface area contributed by atoms with Crippen molar-refractivity contribution in [3.05, 3.63) is 78.0 Å². The molecule has 3 aromatic rings. The van der Waals surface area contributed by atoms with E-state index in [1.807, 2.05) is 31.2 Å². The summed E-state index contributed by atoms with van der Waals surface area (Å²) in [6.07, 6.45) is 4.99. The second-order valence-corrected chi connectivity index (χ2v) is 7.42. The molecule has 2 heterocycles. The van der Waals surface area contributed by atoms with Crippen molar-refractivity contribution in [2.24, 2.45) is 0 Å². The first-order valence-electron chi connectivity index (χ1n) is 7.59. The number of rotatable bonds is 7. The third kappa shape index (κ3) is 4.12. The minimum atomic E-state index is -3.46. The summed E-state index contributed by atoms with van der Waals surface area (Å²) >= 11 is 0. The molecular weight excluding hydrogens is 326 g/mol. The second kappa shape index (κ2) is 7.02. The second-order valence-electron chi connectivity index (χ2n) is 5.61. The summed E-state index contributed by atoms with van der Waals surface area (Å²) in [4.78, 5) is 0. The van der Waals surface area contributed by atoms with E-state index in [-0.39, 0.29) is 18.3 Å². The standard InChI is InChI=1S/C17H19N3O3S/c1-14-5-7-15(8-6-14)13-24(21,22)19-12-16(17-4-2-11-23-17)20-10-3-9-18-20/h2-11,16,19H,12-13H2,1H3. The van der Waals surface area contributed by atoms with Crippen LogP contribution in [0.2, 0.25) is 0 Å². The molecule has 0 saturated carbocycles. The molecule has 0 spiro atoms. The molecule has 1 atom stereocenters. The Morgan fingerprint density at radius 3 is 2.62 bits per heavy atom. The average molecular weight is 345 g/mol. The predicted octanol–water partition coefficient (Wildman–Crippen LogP) is 2.49. The quantitative estimate of drug-likeness (QED) is 0.714. The number of benzene rings is 1. The number of nitrogens with one attached hydrogen (secondary N) is 1. The number of sulfonamides is 1. The van der Waals surface area contributed by atoms with Gasteiger partial charge in [0.25, 0.3) is 0 Å². The van der Waals surface area contributed by atoms with Gasteiger partial charge in [-0.05, 0) is 30.7 Å². The minimum absolute atomic E-state index is 0.0583. The molecule has 0 bridgehead atoms. The monoisotopic (exact) mass is 345 g/mol. The summed E-state index contributed by atoms with van der Waals surface area (Å²) in [7, 11) is -3.46. The molecule has 1 N–H and O–H groups in total. The fraction of sp³-hybridized carbons (Fsp3) is 0.235. The Morgan fingerprint density at radius 2 is 2.00 bits per heavy atom. The Balaban J connectivity index is 1.70. The van der Waals surface area contributed by atoms with Crippen LogP contribution in [0.25, 0.3) is 0 Å². The van der Waals surface area contributed by atoms with Gasteiger partial charge in [0.15, 0.2) is 0 Å². The molecule has 0 aliphatic rings. The Morgan fingerprint density at radius 1 is 1.21 bits per heavy atom. The molecule has 6 nitrogen and oxygen atoms in total. The van der Waals surface area contributed by atoms with Crippen LogP contribution < -0.4 is 4.72 Å². The number of furan rings is 1. The van der Waals surface area contributed by atoms with Crippen molar-refractivity contribution >= 4 is 10.0 Å². The third-order valence-electron chi connectivity index (χ3n) is 3.69. The lowest BCUT2D eigenvalue weighted by Crippen LogP contribution is -2.32. The van der Waals surface area contributed by atoms with Crippen molar-refractivity contribution in [3.63, 3.8) is 0 Å². The van der Waals surface area contributed by atoms with Crippen molar-refractivity contribution in [3.8, 4) is 0 Å². The first kappa shape index (κ1) is 16.5. The first-order chi connectivity index (χ1) is 11.5. The fourth-order valence-corrected chi connectivity index (χ4v) is 3.58. The number of nitrogens with zero attached hydrogens (tertiary/aromatic N) is 2. The van der Waals surface area contributed by atoms with E-state index in [4.69, 9.17) is 4.42 Å². The normalized spacial score (nSPS) is 13.0. The van der Waals surface area contributed by atoms with Gasteiger partial charge in [-0.2, -0.15) is 5.10 Å². The Hall–Kier alpha value is -2.38. The maximum Gasteiger partial charge on any atom is 0.215 e. The molecule has 1 unspecified atom stereocenters. The van der Waals surface area contributed by atoms with Gasteiger partial charge in [0.2, 0.25) is 10.0 Å². The molecule has 126 valence electrons. The first-order valence-corrected chi connectivity index (χ1v) is 9.24. The Bertz CT molecular complexity index is 820. The van der Waals surface area contributed by atoms with Crippen molar-refractivity contribution in [2.75, 3.05) is 6.54 Å². The van der Waals surface area contributed by atoms with Gasteiger partial charge in [-0.3, -0.25) is 4.68 Å². The number of hydrogen-bond acceptors (Lipinski definition) is 4. The maximum absolute atomic E-state index is 12.4. The fourth-order valence-electron chi connectivity index (χ4n) is 2.43. The zero-order chi connectivity index (χ0) is 17.0. The van der Waals surface area contributed by atoms with E-state index in [0.29, 0.717) is 5.76 Å². The topological polar surface area (TPSA) is 77.1 Å². The maximum atomic E-state index is 12.4. The molecule has 24 heavy (non-hydrogen) atoms. The van der Waals surface area contributed by atoms with Crippen molar-refractivity contribution in [1.82, 2.24) is 14.5 Å². The third-order valence-corrected chi connectivity index (χ3v) is 5.01. The largest absolute Gasteiger partial charge is 0.467 e. The number of aromatic nitrogens is 2. The summed E-state index contributed by atoms with van der Waals surface area (Å²) < 4.78 is 34.5. The SMILES string of the molecule is Cc1ccc(CS(=O)(=O)NCC(c2ccco2)n2cccn2)cc1. The van der Waals surface area contributed by atoms with E-state index in [1.165, 1.54) is 0 Å². The molecule has 0 fully saturated rings. The van der Waals surface area contributed by atoms with Crippen LogP contribution in [-0.2, 0) is 15.8 Å². The molecule has 0 aliphatic carbocycles. The van der Waals surface area contributed by atoms with E-state index < -0.39 is 10.0 Å². The molecule has 0 saturated heterocycles.